The minimum Gasteiger partial charge on any atom is -0.309 e. The molecule has 1 atom stereocenters. The number of nitrogens with zero attached hydrogens (tertiary/aromatic N) is 4. The quantitative estimate of drug-likeness (QED) is 0.144. The maximum absolute atomic E-state index is 5.02. The van der Waals surface area contributed by atoms with Crippen LogP contribution in [0.15, 0.2) is 212 Å². The van der Waals surface area contributed by atoms with E-state index in [1.807, 2.05) is 66.7 Å². The zero-order valence-corrected chi connectivity index (χ0v) is 36.0. The molecule has 4 nitrogen and oxygen atoms in total. The van der Waals surface area contributed by atoms with Crippen LogP contribution in [-0.2, 0) is 0 Å². The summed E-state index contributed by atoms with van der Waals surface area (Å²) in [6.45, 7) is 8.77. The van der Waals surface area contributed by atoms with E-state index in [0.29, 0.717) is 23.9 Å². The van der Waals surface area contributed by atoms with Crippen LogP contribution in [0.25, 0.3) is 62.9 Å². The summed E-state index contributed by atoms with van der Waals surface area (Å²) in [6, 6.07) is 40.1. The zero-order chi connectivity index (χ0) is 42.3. The second-order valence-electron chi connectivity index (χ2n) is 15.2. The third-order valence-electron chi connectivity index (χ3n) is 11.2. The van der Waals surface area contributed by atoms with Gasteiger partial charge in [0.15, 0.2) is 17.5 Å². The van der Waals surface area contributed by atoms with Crippen molar-refractivity contribution >= 4 is 47.7 Å². The van der Waals surface area contributed by atoms with E-state index in [4.69, 9.17) is 15.0 Å². The van der Waals surface area contributed by atoms with Gasteiger partial charge in [-0.15, -0.1) is 0 Å². The summed E-state index contributed by atoms with van der Waals surface area (Å²) in [5.74, 6) is 4.39. The zero-order valence-electron chi connectivity index (χ0n) is 35.1. The van der Waals surface area contributed by atoms with Gasteiger partial charge in [-0.1, -0.05) is 201 Å². The Morgan fingerprint density at radius 3 is 2.06 bits per heavy atom. The van der Waals surface area contributed by atoms with Crippen LogP contribution >= 0.6 is 7.92 Å². The standard InChI is InChI=1S/C57H47N4P/c1-4-23-49-51(5-2)61(54-41(3)24-11-10-20-39-62(48-33-16-8-17-34-48)52-36-19-9-18-35-50(52)53(49)54)47-32-22-31-46(40-47)42-29-21-30-45(38-37-42)57-59-55(43-25-12-6-13-26-43)58-56(60-57)44-27-14-7-15-28-44/h4-35,37,39-40H,2,36,38H2,1,3H3/b11-10-,23-4-,39-20+,41-24+. The second kappa shape index (κ2) is 18.6. The number of hydrogen-bond acceptors (Lipinski definition) is 3. The van der Waals surface area contributed by atoms with E-state index in [9.17, 15) is 0 Å². The minimum atomic E-state index is -0.779. The monoisotopic (exact) mass is 818 g/mol. The predicted octanol–water partition coefficient (Wildman–Crippen LogP) is 14.6. The first-order valence-electron chi connectivity index (χ1n) is 21.1. The van der Waals surface area contributed by atoms with Crippen LogP contribution in [0.3, 0.4) is 0 Å². The van der Waals surface area contributed by atoms with Crippen LogP contribution < -0.4 is 5.30 Å². The number of hydrogen-bond donors (Lipinski definition) is 0. The maximum atomic E-state index is 5.02. The Labute approximate surface area is 366 Å². The normalized spacial score (nSPS) is 18.0. The number of rotatable bonds is 8. The predicted molar refractivity (Wildman–Crippen MR) is 266 cm³/mol. The van der Waals surface area contributed by atoms with Gasteiger partial charge in [0.1, 0.15) is 0 Å². The fourth-order valence-electron chi connectivity index (χ4n) is 8.31. The molecule has 62 heavy (non-hydrogen) atoms. The number of allylic oxidation sites excluding steroid dienone is 18. The lowest BCUT2D eigenvalue weighted by atomic mass is 9.95. The molecule has 0 N–H and O–H groups in total. The number of aromatic nitrogens is 4. The van der Waals surface area contributed by atoms with Gasteiger partial charge in [-0.25, -0.2) is 15.0 Å². The summed E-state index contributed by atoms with van der Waals surface area (Å²) in [5, 5.41) is 2.76. The molecule has 9 rings (SSSR count). The molecule has 2 aromatic heterocycles. The van der Waals surface area contributed by atoms with Gasteiger partial charge in [-0.05, 0) is 85.7 Å². The lowest BCUT2D eigenvalue weighted by molar-refractivity contribution is 1.02. The van der Waals surface area contributed by atoms with E-state index in [0.717, 1.165) is 56.9 Å². The second-order valence-corrected chi connectivity index (χ2v) is 17.3. The van der Waals surface area contributed by atoms with E-state index < -0.39 is 7.92 Å². The van der Waals surface area contributed by atoms with Crippen molar-refractivity contribution in [3.8, 4) is 28.5 Å². The molecule has 0 amide bonds. The molecule has 0 saturated heterocycles. The highest BCUT2D eigenvalue weighted by molar-refractivity contribution is 7.72. The topological polar surface area (TPSA) is 43.6 Å². The lowest BCUT2D eigenvalue weighted by Crippen LogP contribution is -2.04. The average Bonchev–Trinajstić information content (AvgIpc) is 3.52. The molecule has 6 aromatic rings. The average molecular weight is 819 g/mol. The van der Waals surface area contributed by atoms with Crippen molar-refractivity contribution in [3.05, 3.63) is 246 Å². The van der Waals surface area contributed by atoms with Gasteiger partial charge >= 0.3 is 0 Å². The summed E-state index contributed by atoms with van der Waals surface area (Å²) in [7, 11) is -0.779. The fourth-order valence-corrected chi connectivity index (χ4v) is 10.5. The number of fused-ring (bicyclic) bond motifs is 2. The van der Waals surface area contributed by atoms with Gasteiger partial charge in [-0.2, -0.15) is 0 Å². The summed E-state index contributed by atoms with van der Waals surface area (Å²) >= 11 is 0. The first-order chi connectivity index (χ1) is 30.6. The molecule has 5 heteroatoms. The Morgan fingerprint density at radius 2 is 1.35 bits per heavy atom. The summed E-state index contributed by atoms with van der Waals surface area (Å²) in [4.78, 5) is 15.0. The Bertz CT molecular complexity index is 2910. The van der Waals surface area contributed by atoms with Crippen LogP contribution in [0.5, 0.6) is 0 Å². The molecule has 0 radical (unpaired) electrons. The Hall–Kier alpha value is -7.26. The van der Waals surface area contributed by atoms with Crippen molar-refractivity contribution in [3.63, 3.8) is 0 Å². The van der Waals surface area contributed by atoms with Crippen LogP contribution in [-0.4, -0.2) is 19.5 Å². The molecule has 1 unspecified atom stereocenters. The highest BCUT2D eigenvalue weighted by Gasteiger charge is 2.28. The highest BCUT2D eigenvalue weighted by atomic mass is 31.1. The molecule has 3 aliphatic rings. The molecule has 0 saturated carbocycles. The van der Waals surface area contributed by atoms with Crippen LogP contribution in [0.4, 0.5) is 0 Å². The van der Waals surface area contributed by atoms with Crippen LogP contribution in [0, 0.1) is 0 Å². The molecule has 2 aliphatic carbocycles. The van der Waals surface area contributed by atoms with E-state index >= 15 is 0 Å². The van der Waals surface area contributed by atoms with Gasteiger partial charge in [0, 0.05) is 33.5 Å². The maximum Gasteiger partial charge on any atom is 0.164 e. The van der Waals surface area contributed by atoms with Crippen molar-refractivity contribution < 1.29 is 0 Å². The number of benzene rings is 4. The smallest absolute Gasteiger partial charge is 0.164 e. The summed E-state index contributed by atoms with van der Waals surface area (Å²) < 4.78 is 2.42. The SMILES string of the molecule is C=Cc1c(/C=C\C)c2c(n1-c1cccc(C3=CCC(c4nc(-c5ccccc5)nc(-c5ccccc5)n4)=CC=C3)c1)/C(C)=C/C=C\C=C\P(c1ccccc1)C1=C2C=CC=CC1. The van der Waals surface area contributed by atoms with Gasteiger partial charge in [0.05, 0.1) is 11.4 Å². The molecule has 0 spiro atoms. The van der Waals surface area contributed by atoms with Gasteiger partial charge < -0.3 is 4.57 Å². The van der Waals surface area contributed by atoms with Crippen LogP contribution in [0.1, 0.15) is 60.6 Å². The molecule has 300 valence electrons. The molecular formula is C57H47N4P. The van der Waals surface area contributed by atoms with Crippen LogP contribution in [0.2, 0.25) is 0 Å². The van der Waals surface area contributed by atoms with Crippen molar-refractivity contribution in [1.82, 2.24) is 19.5 Å². The summed E-state index contributed by atoms with van der Waals surface area (Å²) in [6.07, 6.45) is 34.5. The molecule has 3 heterocycles. The minimum absolute atomic E-state index is 0.658. The molecular weight excluding hydrogens is 772 g/mol. The molecule has 0 bridgehead atoms. The van der Waals surface area contributed by atoms with Crippen molar-refractivity contribution in [2.45, 2.75) is 26.7 Å². The molecule has 0 fully saturated rings. The van der Waals surface area contributed by atoms with Gasteiger partial charge in [0.2, 0.25) is 0 Å². The lowest BCUT2D eigenvalue weighted by Gasteiger charge is -2.22. The molecule has 4 aromatic carbocycles. The van der Waals surface area contributed by atoms with Gasteiger partial charge in [0.25, 0.3) is 0 Å². The van der Waals surface area contributed by atoms with Gasteiger partial charge in [-0.3, -0.25) is 0 Å². The van der Waals surface area contributed by atoms with E-state index in [2.05, 4.69) is 170 Å². The van der Waals surface area contributed by atoms with Crippen molar-refractivity contribution in [2.24, 2.45) is 0 Å². The van der Waals surface area contributed by atoms with E-state index in [-0.39, 0.29) is 0 Å². The first-order valence-corrected chi connectivity index (χ1v) is 22.5. The first kappa shape index (κ1) is 40.2. The van der Waals surface area contributed by atoms with Crippen molar-refractivity contribution in [1.29, 1.82) is 0 Å². The largest absolute Gasteiger partial charge is 0.309 e. The Balaban J connectivity index is 1.16. The van der Waals surface area contributed by atoms with E-state index in [1.54, 1.807) is 0 Å². The van der Waals surface area contributed by atoms with Crippen molar-refractivity contribution in [2.75, 3.05) is 0 Å². The Morgan fingerprint density at radius 1 is 0.661 bits per heavy atom. The fraction of sp³-hybridized carbons (Fsp3) is 0.0702. The highest BCUT2D eigenvalue weighted by Crippen LogP contribution is 2.53. The summed E-state index contributed by atoms with van der Waals surface area (Å²) in [5.41, 5.74) is 13.3. The molecule has 1 aliphatic heterocycles. The third-order valence-corrected chi connectivity index (χ3v) is 13.5. The third kappa shape index (κ3) is 8.26. The Kier molecular flexibility index (Phi) is 12.0. The van der Waals surface area contributed by atoms with E-state index in [1.165, 1.54) is 27.3 Å².